The number of fused-ring (bicyclic) bond motifs is 1. The second-order valence-corrected chi connectivity index (χ2v) is 15.0. The molecule has 4 heterocycles. The number of nitrogens with one attached hydrogen (secondary N) is 4. The fourth-order valence-corrected chi connectivity index (χ4v) is 8.30. The lowest BCUT2D eigenvalue weighted by molar-refractivity contribution is 0.0904. The third-order valence-corrected chi connectivity index (χ3v) is 11.0. The lowest BCUT2D eigenvalue weighted by Gasteiger charge is -2.40. The van der Waals surface area contributed by atoms with E-state index in [0.29, 0.717) is 48.9 Å². The summed E-state index contributed by atoms with van der Waals surface area (Å²) in [6, 6.07) is 17.5. The minimum atomic E-state index is -0.408. The molecular weight excluding hydrogens is 700 g/mol. The molecule has 0 spiro atoms. The largest absolute Gasteiger partial charge is 0.381 e. The van der Waals surface area contributed by atoms with Crippen LogP contribution in [0.5, 0.6) is 0 Å². The van der Waals surface area contributed by atoms with Crippen molar-refractivity contribution in [2.75, 3.05) is 57.8 Å². The maximum absolute atomic E-state index is 13.8. The highest BCUT2D eigenvalue weighted by Crippen LogP contribution is 2.40. The van der Waals surface area contributed by atoms with Crippen molar-refractivity contribution in [3.8, 4) is 0 Å². The lowest BCUT2D eigenvalue weighted by atomic mass is 9.75. The van der Waals surface area contributed by atoms with Crippen molar-refractivity contribution < 1.29 is 14.3 Å². The fraction of sp³-hybridized carbons (Fsp3) is 0.429. The SMILES string of the molecule is CCc1nc2c(cnn2CC)c(NC2CCOCC2)c1CNC(=O)c1cccc(C(=O)NCC2(CN3CCNCC3)C=C(Cl)C=C(c3ccccc3)C2)c1. The number of halogens is 1. The van der Waals surface area contributed by atoms with E-state index in [2.05, 4.69) is 63.3 Å². The summed E-state index contributed by atoms with van der Waals surface area (Å²) in [5, 5.41) is 19.8. The molecule has 54 heavy (non-hydrogen) atoms. The van der Waals surface area contributed by atoms with E-state index >= 15 is 0 Å². The van der Waals surface area contributed by atoms with Crippen LogP contribution in [0.25, 0.3) is 16.6 Å². The zero-order valence-corrected chi connectivity index (χ0v) is 32.1. The van der Waals surface area contributed by atoms with Gasteiger partial charge < -0.3 is 26.0 Å². The van der Waals surface area contributed by atoms with Gasteiger partial charge in [0.2, 0.25) is 0 Å². The number of allylic oxidation sites excluding steroid dienone is 3. The van der Waals surface area contributed by atoms with Gasteiger partial charge in [-0.1, -0.05) is 61.0 Å². The molecule has 2 aromatic carbocycles. The minimum Gasteiger partial charge on any atom is -0.381 e. The number of anilines is 1. The van der Waals surface area contributed by atoms with Gasteiger partial charge in [0.05, 0.1) is 17.3 Å². The topological polar surface area (TPSA) is 125 Å². The Morgan fingerprint density at radius 2 is 1.74 bits per heavy atom. The van der Waals surface area contributed by atoms with Gasteiger partial charge in [0.15, 0.2) is 5.65 Å². The first kappa shape index (κ1) is 37.8. The number of nitrogens with zero attached hydrogens (tertiary/aromatic N) is 4. The van der Waals surface area contributed by atoms with E-state index in [1.807, 2.05) is 35.2 Å². The van der Waals surface area contributed by atoms with E-state index in [0.717, 1.165) is 91.1 Å². The molecule has 1 atom stereocenters. The van der Waals surface area contributed by atoms with Crippen molar-refractivity contribution in [1.29, 1.82) is 0 Å². The van der Waals surface area contributed by atoms with E-state index in [-0.39, 0.29) is 24.4 Å². The predicted molar refractivity (Wildman–Crippen MR) is 215 cm³/mol. The Balaban J connectivity index is 1.07. The summed E-state index contributed by atoms with van der Waals surface area (Å²) in [5.74, 6) is -0.494. The van der Waals surface area contributed by atoms with Crippen LogP contribution in [0.15, 0.2) is 78.0 Å². The molecule has 0 radical (unpaired) electrons. The molecule has 0 saturated carbocycles. The summed E-state index contributed by atoms with van der Waals surface area (Å²) in [6.45, 7) is 11.4. The number of carbonyl (C=O) groups excluding carboxylic acids is 2. The summed E-state index contributed by atoms with van der Waals surface area (Å²) in [4.78, 5) is 35.0. The Hall–Kier alpha value is -4.55. The van der Waals surface area contributed by atoms with Crippen LogP contribution in [0, 0.1) is 5.41 Å². The van der Waals surface area contributed by atoms with Gasteiger partial charge in [-0.25, -0.2) is 9.67 Å². The molecular formula is C42H51ClN8O3. The van der Waals surface area contributed by atoms with Crippen LogP contribution in [0.3, 0.4) is 0 Å². The van der Waals surface area contributed by atoms with Crippen LogP contribution in [0.4, 0.5) is 5.69 Å². The highest BCUT2D eigenvalue weighted by molar-refractivity contribution is 6.32. The third kappa shape index (κ3) is 8.70. The number of aryl methyl sites for hydroxylation is 2. The average molecular weight is 751 g/mol. The molecule has 0 bridgehead atoms. The van der Waals surface area contributed by atoms with Gasteiger partial charge in [-0.15, -0.1) is 0 Å². The summed E-state index contributed by atoms with van der Waals surface area (Å²) in [7, 11) is 0. The van der Waals surface area contributed by atoms with Crippen LogP contribution < -0.4 is 21.3 Å². The van der Waals surface area contributed by atoms with Crippen molar-refractivity contribution >= 4 is 45.7 Å². The van der Waals surface area contributed by atoms with Crippen molar-refractivity contribution in [2.24, 2.45) is 5.41 Å². The maximum Gasteiger partial charge on any atom is 0.251 e. The van der Waals surface area contributed by atoms with Crippen molar-refractivity contribution in [3.63, 3.8) is 0 Å². The molecule has 2 aromatic heterocycles. The molecule has 2 aliphatic heterocycles. The van der Waals surface area contributed by atoms with Crippen LogP contribution in [-0.4, -0.2) is 90.0 Å². The van der Waals surface area contributed by atoms with E-state index in [9.17, 15) is 9.59 Å². The standard InChI is InChI=1S/C42H51ClN8O3/c1-3-37-35(38(48-34-13-19-54-20-14-34)36-26-47-51(4-2)39(36)49-37)25-45-40(52)30-11-8-12-31(21-30)41(53)46-27-42(28-50-17-15-44-16-18-50)23-32(22-33(43)24-42)29-9-6-5-7-10-29/h5-12,21-22,24,26,34,44H,3-4,13-20,23,25,27-28H2,1-2H3,(H,45,52)(H,46,53)(H,48,49). The summed E-state index contributed by atoms with van der Waals surface area (Å²) >= 11 is 6.82. The van der Waals surface area contributed by atoms with Crippen molar-refractivity contribution in [3.05, 3.63) is 106 Å². The molecule has 1 aliphatic carbocycles. The second-order valence-electron chi connectivity index (χ2n) is 14.6. The molecule has 12 heteroatoms. The summed E-state index contributed by atoms with van der Waals surface area (Å²) in [6.07, 6.45) is 9.26. The lowest BCUT2D eigenvalue weighted by Crippen LogP contribution is -2.51. The highest BCUT2D eigenvalue weighted by atomic mass is 35.5. The quantitative estimate of drug-likeness (QED) is 0.136. The minimum absolute atomic E-state index is 0.233. The fourth-order valence-electron chi connectivity index (χ4n) is 7.94. The average Bonchev–Trinajstić information content (AvgIpc) is 3.63. The van der Waals surface area contributed by atoms with Gasteiger partial charge in [0, 0.05) is 104 Å². The number of rotatable bonds is 13. The van der Waals surface area contributed by atoms with E-state index < -0.39 is 5.41 Å². The normalized spacial score (nSPS) is 19.6. The summed E-state index contributed by atoms with van der Waals surface area (Å²) in [5.41, 5.74) is 6.38. The van der Waals surface area contributed by atoms with Crippen LogP contribution >= 0.6 is 11.6 Å². The third-order valence-electron chi connectivity index (χ3n) is 10.8. The molecule has 284 valence electrons. The van der Waals surface area contributed by atoms with Gasteiger partial charge in [0.1, 0.15) is 0 Å². The molecule has 1 unspecified atom stereocenters. The van der Waals surface area contributed by atoms with E-state index in [1.54, 1.807) is 24.3 Å². The van der Waals surface area contributed by atoms with Gasteiger partial charge in [-0.3, -0.25) is 14.5 Å². The van der Waals surface area contributed by atoms with Gasteiger partial charge in [-0.05, 0) is 68.0 Å². The van der Waals surface area contributed by atoms with Crippen molar-refractivity contribution in [2.45, 2.75) is 58.7 Å². The Morgan fingerprint density at radius 1 is 1.00 bits per heavy atom. The Kier molecular flexibility index (Phi) is 12.1. The molecule has 2 amide bonds. The van der Waals surface area contributed by atoms with Crippen LogP contribution in [0.1, 0.15) is 70.6 Å². The highest BCUT2D eigenvalue weighted by Gasteiger charge is 2.35. The first-order chi connectivity index (χ1) is 26.3. The molecule has 11 nitrogen and oxygen atoms in total. The maximum atomic E-state index is 13.8. The monoisotopic (exact) mass is 750 g/mol. The number of hydrogen-bond acceptors (Lipinski definition) is 8. The van der Waals surface area contributed by atoms with Gasteiger partial charge in [-0.2, -0.15) is 5.10 Å². The zero-order valence-electron chi connectivity index (χ0n) is 31.3. The Bertz CT molecular complexity index is 2020. The van der Waals surface area contributed by atoms with E-state index in [1.165, 1.54) is 0 Å². The Labute approximate surface area is 322 Å². The van der Waals surface area contributed by atoms with Crippen molar-refractivity contribution in [1.82, 2.24) is 35.6 Å². The first-order valence-corrected chi connectivity index (χ1v) is 19.7. The number of ether oxygens (including phenoxy) is 1. The van der Waals surface area contributed by atoms with E-state index in [4.69, 9.17) is 21.3 Å². The summed E-state index contributed by atoms with van der Waals surface area (Å²) < 4.78 is 7.52. The second kappa shape index (κ2) is 17.3. The number of benzene rings is 2. The van der Waals surface area contributed by atoms with Gasteiger partial charge >= 0.3 is 0 Å². The molecule has 3 aliphatic rings. The number of amides is 2. The first-order valence-electron chi connectivity index (χ1n) is 19.3. The molecule has 2 saturated heterocycles. The molecule has 7 rings (SSSR count). The smallest absolute Gasteiger partial charge is 0.251 e. The van der Waals surface area contributed by atoms with Crippen LogP contribution in [-0.2, 0) is 24.2 Å². The molecule has 2 fully saturated rings. The number of hydrogen-bond donors (Lipinski definition) is 4. The number of aromatic nitrogens is 3. The number of carbonyl (C=O) groups is 2. The number of piperazine rings is 1. The molecule has 4 aromatic rings. The Morgan fingerprint density at radius 3 is 2.46 bits per heavy atom. The zero-order chi connectivity index (χ0) is 37.5. The molecule has 4 N–H and O–H groups in total. The van der Waals surface area contributed by atoms with Crippen LogP contribution in [0.2, 0.25) is 0 Å². The van der Waals surface area contributed by atoms with Gasteiger partial charge in [0.25, 0.3) is 11.8 Å². The number of pyridine rings is 1. The predicted octanol–water partition coefficient (Wildman–Crippen LogP) is 5.77.